The molecule has 2 bridgehead atoms. The normalized spacial score (nSPS) is 18.1. The lowest BCUT2D eigenvalue weighted by molar-refractivity contribution is -0.387. The molecule has 0 aromatic heterocycles. The summed E-state index contributed by atoms with van der Waals surface area (Å²) in [6.45, 7) is 3.12. The van der Waals surface area contributed by atoms with Gasteiger partial charge in [-0.05, 0) is 12.1 Å². The molecular weight excluding hydrogens is 208 g/mol. The molecule has 1 fully saturated rings. The Hall–Kier alpha value is -1.62. The molecular formula is C11H10N2O3. The van der Waals surface area contributed by atoms with Gasteiger partial charge in [0.05, 0.1) is 24.6 Å². The Morgan fingerprint density at radius 2 is 1.94 bits per heavy atom. The highest BCUT2D eigenvalue weighted by Crippen LogP contribution is 2.42. The summed E-state index contributed by atoms with van der Waals surface area (Å²) in [4.78, 5) is 12.5. The van der Waals surface area contributed by atoms with Crippen molar-refractivity contribution in [2.24, 2.45) is 0 Å². The van der Waals surface area contributed by atoms with E-state index in [1.54, 1.807) is 0 Å². The van der Waals surface area contributed by atoms with Crippen molar-refractivity contribution >= 4 is 11.4 Å². The first kappa shape index (κ1) is 9.59. The van der Waals surface area contributed by atoms with Gasteiger partial charge in [-0.1, -0.05) is 0 Å². The zero-order valence-electron chi connectivity index (χ0n) is 8.60. The summed E-state index contributed by atoms with van der Waals surface area (Å²) >= 11 is 0. The molecule has 1 heterocycles. The van der Waals surface area contributed by atoms with Gasteiger partial charge in [0.15, 0.2) is 0 Å². The lowest BCUT2D eigenvalue weighted by atomic mass is 9.88. The number of fused-ring (bicyclic) bond motifs is 2. The molecule has 2 aliphatic carbocycles. The molecule has 16 heavy (non-hydrogen) atoms. The second kappa shape index (κ2) is 3.45. The van der Waals surface area contributed by atoms with Crippen molar-refractivity contribution in [3.05, 3.63) is 39.8 Å². The van der Waals surface area contributed by atoms with E-state index < -0.39 is 0 Å². The van der Waals surface area contributed by atoms with Gasteiger partial charge in [0.25, 0.3) is 5.69 Å². The van der Waals surface area contributed by atoms with Crippen molar-refractivity contribution in [1.82, 2.24) is 0 Å². The minimum Gasteiger partial charge on any atom is -0.378 e. The van der Waals surface area contributed by atoms with Gasteiger partial charge >= 0.3 is 0 Å². The Balaban J connectivity index is 1.89. The van der Waals surface area contributed by atoms with Crippen LogP contribution in [-0.2, 0) is 4.74 Å². The Bertz CT molecular complexity index is 430. The molecule has 1 aromatic carbocycles. The van der Waals surface area contributed by atoms with E-state index in [1.165, 1.54) is 0 Å². The Morgan fingerprint density at radius 3 is 2.50 bits per heavy atom. The standard InChI is InChI=1S/C11H10N2O3/c14-13(15)11-8-5-9(11)7-10(6-8)12-1-3-16-4-2-12/h6-7H,1-4H2. The van der Waals surface area contributed by atoms with E-state index in [0.29, 0.717) is 11.1 Å². The molecule has 0 atom stereocenters. The molecule has 1 aromatic rings. The second-order valence-corrected chi connectivity index (χ2v) is 3.87. The third-order valence-corrected chi connectivity index (χ3v) is 2.92. The molecule has 0 N–H and O–H groups in total. The maximum atomic E-state index is 10.7. The van der Waals surface area contributed by atoms with Gasteiger partial charge in [-0.25, -0.2) is 0 Å². The monoisotopic (exact) mass is 218 g/mol. The summed E-state index contributed by atoms with van der Waals surface area (Å²) < 4.78 is 5.26. The van der Waals surface area contributed by atoms with Gasteiger partial charge in [-0.15, -0.1) is 0 Å². The first-order chi connectivity index (χ1) is 7.75. The van der Waals surface area contributed by atoms with E-state index in [1.807, 2.05) is 12.1 Å². The van der Waals surface area contributed by atoms with Crippen LogP contribution in [0.1, 0.15) is 11.1 Å². The number of nitrogens with zero attached hydrogens (tertiary/aromatic N) is 2. The average molecular weight is 218 g/mol. The van der Waals surface area contributed by atoms with E-state index >= 15 is 0 Å². The second-order valence-electron chi connectivity index (χ2n) is 3.87. The lowest BCUT2D eigenvalue weighted by Gasteiger charge is -2.31. The summed E-state index contributed by atoms with van der Waals surface area (Å²) in [6, 6.07) is 3.66. The molecule has 2 radical (unpaired) electrons. The van der Waals surface area contributed by atoms with E-state index in [2.05, 4.69) is 11.3 Å². The average Bonchev–Trinajstić information content (AvgIpc) is 2.29. The van der Waals surface area contributed by atoms with Crippen molar-refractivity contribution in [2.45, 2.75) is 0 Å². The van der Waals surface area contributed by atoms with Crippen LogP contribution < -0.4 is 4.90 Å². The van der Waals surface area contributed by atoms with Crippen molar-refractivity contribution in [1.29, 1.82) is 0 Å². The highest BCUT2D eigenvalue weighted by Gasteiger charge is 2.32. The minimum absolute atomic E-state index is 0.206. The van der Waals surface area contributed by atoms with Crippen LogP contribution in [0.4, 0.5) is 11.4 Å². The van der Waals surface area contributed by atoms with Gasteiger partial charge in [-0.2, -0.15) is 0 Å². The van der Waals surface area contributed by atoms with Gasteiger partial charge in [0.2, 0.25) is 0 Å². The van der Waals surface area contributed by atoms with Crippen molar-refractivity contribution < 1.29 is 9.66 Å². The van der Waals surface area contributed by atoms with Crippen LogP contribution in [0.3, 0.4) is 0 Å². The number of ether oxygens (including phenoxy) is 1. The topological polar surface area (TPSA) is 55.6 Å². The van der Waals surface area contributed by atoms with Crippen LogP contribution in [0.5, 0.6) is 0 Å². The summed E-state index contributed by atoms with van der Waals surface area (Å²) in [5, 5.41) is 10.7. The quantitative estimate of drug-likeness (QED) is 0.561. The van der Waals surface area contributed by atoms with Crippen molar-refractivity contribution in [3.8, 4) is 0 Å². The maximum absolute atomic E-state index is 10.7. The van der Waals surface area contributed by atoms with Gasteiger partial charge in [-0.3, -0.25) is 10.1 Å². The molecule has 0 spiro atoms. The number of hydrogen-bond acceptors (Lipinski definition) is 4. The first-order valence-corrected chi connectivity index (χ1v) is 5.18. The van der Waals surface area contributed by atoms with Crippen LogP contribution >= 0.6 is 0 Å². The molecule has 5 heteroatoms. The van der Waals surface area contributed by atoms with E-state index in [0.717, 1.165) is 32.0 Å². The zero-order chi connectivity index (χ0) is 11.1. The molecule has 0 amide bonds. The molecule has 5 nitrogen and oxygen atoms in total. The largest absolute Gasteiger partial charge is 0.378 e. The third-order valence-electron chi connectivity index (χ3n) is 2.92. The SMILES string of the molecule is O=[N+]([O-])c1c2cc(N3CCOCC3)cc1[C]2. The number of hydrogen-bond donors (Lipinski definition) is 0. The number of rotatable bonds is 2. The molecule has 1 saturated heterocycles. The van der Waals surface area contributed by atoms with Gasteiger partial charge < -0.3 is 9.64 Å². The summed E-state index contributed by atoms with van der Waals surface area (Å²) in [5.74, 6) is 0. The molecule has 4 rings (SSSR count). The summed E-state index contributed by atoms with van der Waals surface area (Å²) in [7, 11) is 0. The summed E-state index contributed by atoms with van der Waals surface area (Å²) in [5.41, 5.74) is 2.47. The number of benzene rings is 1. The van der Waals surface area contributed by atoms with Crippen LogP contribution in [0.25, 0.3) is 0 Å². The van der Waals surface area contributed by atoms with Gasteiger partial charge in [0.1, 0.15) is 0 Å². The number of nitro groups is 1. The number of anilines is 1. The highest BCUT2D eigenvalue weighted by atomic mass is 16.6. The minimum atomic E-state index is -0.343. The maximum Gasteiger partial charge on any atom is 0.277 e. The van der Waals surface area contributed by atoms with Crippen LogP contribution in [0.2, 0.25) is 0 Å². The fraction of sp³-hybridized carbons (Fsp3) is 0.364. The smallest absolute Gasteiger partial charge is 0.277 e. The molecule has 0 unspecified atom stereocenters. The molecule has 1 aliphatic heterocycles. The molecule has 82 valence electrons. The predicted octanol–water partition coefficient (Wildman–Crippen LogP) is 1.22. The van der Waals surface area contributed by atoms with Gasteiger partial charge in [0, 0.05) is 29.9 Å². The predicted molar refractivity (Wildman–Crippen MR) is 57.6 cm³/mol. The molecule has 0 saturated carbocycles. The summed E-state index contributed by atoms with van der Waals surface area (Å²) in [6.07, 6.45) is 2.94. The third kappa shape index (κ3) is 1.36. The van der Waals surface area contributed by atoms with Crippen molar-refractivity contribution in [2.75, 3.05) is 31.2 Å². The van der Waals surface area contributed by atoms with E-state index in [4.69, 9.17) is 4.74 Å². The fourth-order valence-electron chi connectivity index (χ4n) is 2.09. The van der Waals surface area contributed by atoms with Crippen LogP contribution in [0.15, 0.2) is 12.1 Å². The Kier molecular flexibility index (Phi) is 2.07. The number of nitro benzene ring substituents is 1. The highest BCUT2D eigenvalue weighted by molar-refractivity contribution is 5.74. The first-order valence-electron chi connectivity index (χ1n) is 5.18. The lowest BCUT2D eigenvalue weighted by Crippen LogP contribution is -2.36. The Labute approximate surface area is 92.8 Å². The number of morpholine rings is 1. The van der Waals surface area contributed by atoms with Crippen molar-refractivity contribution in [3.63, 3.8) is 0 Å². The van der Waals surface area contributed by atoms with E-state index in [-0.39, 0.29) is 10.6 Å². The fourth-order valence-corrected chi connectivity index (χ4v) is 2.09. The van der Waals surface area contributed by atoms with E-state index in [9.17, 15) is 10.1 Å². The van der Waals surface area contributed by atoms with Crippen LogP contribution in [-0.4, -0.2) is 31.2 Å². The zero-order valence-corrected chi connectivity index (χ0v) is 8.60. The van der Waals surface area contributed by atoms with Crippen LogP contribution in [0, 0.1) is 16.5 Å². The Morgan fingerprint density at radius 1 is 1.31 bits per heavy atom. The molecule has 3 aliphatic rings.